The molecule has 3 rings (SSSR count). The molecule has 0 saturated heterocycles. The largest absolute Gasteiger partial charge is 0.392 e. The number of hydrogen-bond acceptors (Lipinski definition) is 7. The van der Waals surface area contributed by atoms with Crippen molar-refractivity contribution in [3.63, 3.8) is 0 Å². The van der Waals surface area contributed by atoms with E-state index in [0.717, 1.165) is 29.8 Å². The molecule has 0 spiro atoms. The molecule has 2 aliphatic carbocycles. The first kappa shape index (κ1) is 26.6. The quantitative estimate of drug-likeness (QED) is 0.557. The lowest BCUT2D eigenvalue weighted by Gasteiger charge is -2.53. The van der Waals surface area contributed by atoms with Crippen molar-refractivity contribution in [2.45, 2.75) is 83.3 Å². The van der Waals surface area contributed by atoms with E-state index in [1.807, 2.05) is 6.92 Å². The fourth-order valence-electron chi connectivity index (χ4n) is 5.67. The molecule has 6 atom stereocenters. The van der Waals surface area contributed by atoms with Crippen molar-refractivity contribution < 1.29 is 23.1 Å². The number of ether oxygens (including phenoxy) is 1. The third kappa shape index (κ3) is 5.16. The van der Waals surface area contributed by atoms with E-state index >= 15 is 0 Å². The molecule has 1 saturated carbocycles. The topological polar surface area (TPSA) is 106 Å². The monoisotopic (exact) mass is 500 g/mol. The molecule has 1 amide bonds. The van der Waals surface area contributed by atoms with Crippen LogP contribution in [0.25, 0.3) is 0 Å². The zero-order valence-electron chi connectivity index (χ0n) is 21.0. The fraction of sp³-hybridized carbons (Fsp3) is 0.833. The van der Waals surface area contributed by atoms with Crippen LogP contribution in [0.2, 0.25) is 0 Å². The minimum absolute atomic E-state index is 0.00245. The second kappa shape index (κ2) is 9.55. The molecule has 33 heavy (non-hydrogen) atoms. The number of aliphatic hydroxyl groups excluding tert-OH is 1. The van der Waals surface area contributed by atoms with E-state index in [-0.39, 0.29) is 40.7 Å². The van der Waals surface area contributed by atoms with Crippen molar-refractivity contribution in [2.24, 2.45) is 23.2 Å². The summed E-state index contributed by atoms with van der Waals surface area (Å²) in [6.45, 7) is 12.3. The number of hydrogen-bond donors (Lipinski definition) is 2. The lowest BCUT2D eigenvalue weighted by atomic mass is 9.53. The van der Waals surface area contributed by atoms with Gasteiger partial charge in [0.1, 0.15) is 10.8 Å². The summed E-state index contributed by atoms with van der Waals surface area (Å²) in [5, 5.41) is 15.0. The van der Waals surface area contributed by atoms with Gasteiger partial charge in [0.2, 0.25) is 5.91 Å². The Morgan fingerprint density at radius 2 is 2.06 bits per heavy atom. The van der Waals surface area contributed by atoms with Crippen LogP contribution in [0.15, 0.2) is 0 Å². The first-order valence-corrected chi connectivity index (χ1v) is 14.3. The molecule has 0 radical (unpaired) electrons. The van der Waals surface area contributed by atoms with Crippen LogP contribution in [0.3, 0.4) is 0 Å². The van der Waals surface area contributed by atoms with E-state index < -0.39 is 20.7 Å². The van der Waals surface area contributed by atoms with Gasteiger partial charge in [-0.25, -0.2) is 13.4 Å². The van der Waals surface area contributed by atoms with Gasteiger partial charge in [0, 0.05) is 30.4 Å². The number of aromatic nitrogens is 1. The van der Waals surface area contributed by atoms with Crippen LogP contribution in [0.1, 0.15) is 75.9 Å². The van der Waals surface area contributed by atoms with Crippen LogP contribution < -0.4 is 5.32 Å². The molecule has 2 N–H and O–H groups in total. The van der Waals surface area contributed by atoms with E-state index in [2.05, 4.69) is 19.2 Å². The predicted molar refractivity (Wildman–Crippen MR) is 131 cm³/mol. The maximum Gasteiger partial charge on any atom is 0.223 e. The summed E-state index contributed by atoms with van der Waals surface area (Å²) >= 11 is 1.51. The molecule has 2 aliphatic rings. The maximum absolute atomic E-state index is 12.7. The number of carbonyl (C=O) groups excluding carboxylic acids is 1. The summed E-state index contributed by atoms with van der Waals surface area (Å²) in [4.78, 5) is 18.6. The third-order valence-electron chi connectivity index (χ3n) is 7.87. The van der Waals surface area contributed by atoms with Crippen LogP contribution in [0, 0.1) is 23.2 Å². The molecule has 1 aromatic rings. The number of methoxy groups -OCH3 is 1. The first-order chi connectivity index (χ1) is 15.2. The van der Waals surface area contributed by atoms with Gasteiger partial charge in [0.15, 0.2) is 9.84 Å². The van der Waals surface area contributed by atoms with Gasteiger partial charge in [-0.3, -0.25) is 4.79 Å². The van der Waals surface area contributed by atoms with Crippen molar-refractivity contribution in [1.82, 2.24) is 10.3 Å². The third-order valence-corrected chi connectivity index (χ3v) is 11.6. The number of sulfone groups is 1. The van der Waals surface area contributed by atoms with Gasteiger partial charge < -0.3 is 15.2 Å². The maximum atomic E-state index is 12.7. The van der Waals surface area contributed by atoms with Gasteiger partial charge in [-0.05, 0) is 57.3 Å². The molecular formula is C24H40N2O5S2. The predicted octanol–water partition coefficient (Wildman–Crippen LogP) is 3.31. The Balaban J connectivity index is 1.82. The summed E-state index contributed by atoms with van der Waals surface area (Å²) in [6, 6.07) is 0. The molecule has 9 heteroatoms. The Morgan fingerprint density at radius 1 is 1.39 bits per heavy atom. The highest BCUT2D eigenvalue weighted by molar-refractivity contribution is 7.92. The Labute approximate surface area is 202 Å². The van der Waals surface area contributed by atoms with Crippen LogP contribution in [0.5, 0.6) is 0 Å². The lowest BCUT2D eigenvalue weighted by molar-refractivity contribution is -0.135. The molecule has 0 unspecified atom stereocenters. The van der Waals surface area contributed by atoms with Crippen LogP contribution in [-0.2, 0) is 31.5 Å². The number of nitrogens with one attached hydrogen (secondary N) is 1. The van der Waals surface area contributed by atoms with E-state index in [4.69, 9.17) is 9.72 Å². The Kier molecular flexibility index (Phi) is 7.69. The second-order valence-electron chi connectivity index (χ2n) is 11.2. The SMILES string of the molecule is COCCNC(=O)[C@@H](C)[C@@H]1CC[C@@]2(C)Cc3sc(CS(=O)(=O)C(C)(C)C)nc3[C@@H](C)[C@@H]2[C@H]1O. The highest BCUT2D eigenvalue weighted by Gasteiger charge is 2.54. The summed E-state index contributed by atoms with van der Waals surface area (Å²) in [5.41, 5.74) is 0.833. The van der Waals surface area contributed by atoms with E-state index in [9.17, 15) is 18.3 Å². The Morgan fingerprint density at radius 3 is 2.67 bits per heavy atom. The molecule has 7 nitrogen and oxygen atoms in total. The number of amides is 1. The van der Waals surface area contributed by atoms with Gasteiger partial charge in [-0.2, -0.15) is 0 Å². The standard InChI is InChI=1S/C24H40N2O5S2/c1-14(22(28)25-10-11-31-7)16-8-9-24(6)12-17-20(15(2)19(24)21(16)27)26-18(32-17)13-33(29,30)23(3,4)5/h14-16,19,21,27H,8-13H2,1-7H3,(H,25,28)/t14-,15-,16-,19+,21-,24-/m0/s1. The van der Waals surface area contributed by atoms with Gasteiger partial charge in [-0.1, -0.05) is 20.8 Å². The first-order valence-electron chi connectivity index (χ1n) is 11.9. The molecule has 0 aromatic carbocycles. The van der Waals surface area contributed by atoms with Gasteiger partial charge in [0.05, 0.1) is 23.2 Å². The molecule has 1 fully saturated rings. The molecule has 0 bridgehead atoms. The average Bonchev–Trinajstić information content (AvgIpc) is 3.08. The average molecular weight is 501 g/mol. The molecule has 1 aromatic heterocycles. The summed E-state index contributed by atoms with van der Waals surface area (Å²) < 4.78 is 29.7. The van der Waals surface area contributed by atoms with Crippen LogP contribution >= 0.6 is 11.3 Å². The van der Waals surface area contributed by atoms with Crippen molar-refractivity contribution in [3.8, 4) is 0 Å². The molecule has 1 heterocycles. The highest BCUT2D eigenvalue weighted by atomic mass is 32.2. The van der Waals surface area contributed by atoms with Gasteiger partial charge >= 0.3 is 0 Å². The number of nitrogens with zero attached hydrogens (tertiary/aromatic N) is 1. The molecule has 0 aliphatic heterocycles. The van der Waals surface area contributed by atoms with Crippen LogP contribution in [-0.4, -0.2) is 55.5 Å². The van der Waals surface area contributed by atoms with Crippen molar-refractivity contribution in [1.29, 1.82) is 0 Å². The smallest absolute Gasteiger partial charge is 0.223 e. The fourth-order valence-corrected chi connectivity index (χ4v) is 8.36. The summed E-state index contributed by atoms with van der Waals surface area (Å²) in [5.74, 6) is -0.527. The summed E-state index contributed by atoms with van der Waals surface area (Å²) in [6.07, 6.45) is 1.90. The zero-order valence-corrected chi connectivity index (χ0v) is 22.6. The molecule has 188 valence electrons. The zero-order chi connectivity index (χ0) is 24.8. The van der Waals surface area contributed by atoms with E-state index in [0.29, 0.717) is 18.2 Å². The van der Waals surface area contributed by atoms with Gasteiger partial charge in [-0.15, -0.1) is 11.3 Å². The number of aliphatic hydroxyl groups is 1. The van der Waals surface area contributed by atoms with Crippen molar-refractivity contribution >= 4 is 27.1 Å². The number of carbonyl (C=O) groups is 1. The van der Waals surface area contributed by atoms with Crippen molar-refractivity contribution in [2.75, 3.05) is 20.3 Å². The van der Waals surface area contributed by atoms with Crippen molar-refractivity contribution in [3.05, 3.63) is 15.6 Å². The normalized spacial score (nSPS) is 30.9. The Hall–Kier alpha value is -1.03. The number of rotatable bonds is 7. The van der Waals surface area contributed by atoms with E-state index in [1.165, 1.54) is 11.3 Å². The highest BCUT2D eigenvalue weighted by Crippen LogP contribution is 2.57. The number of fused-ring (bicyclic) bond motifs is 2. The number of thiazole rings is 1. The Bertz CT molecular complexity index is 968. The van der Waals surface area contributed by atoms with Crippen LogP contribution in [0.4, 0.5) is 0 Å². The van der Waals surface area contributed by atoms with E-state index in [1.54, 1.807) is 27.9 Å². The minimum atomic E-state index is -3.31. The second-order valence-corrected chi connectivity index (χ2v) is 15.1. The summed E-state index contributed by atoms with van der Waals surface area (Å²) in [7, 11) is -1.71. The molecular weight excluding hydrogens is 460 g/mol. The lowest BCUT2D eigenvalue weighted by Crippen LogP contribution is -2.53. The van der Waals surface area contributed by atoms with Gasteiger partial charge in [0.25, 0.3) is 0 Å². The minimum Gasteiger partial charge on any atom is -0.392 e.